The summed E-state index contributed by atoms with van der Waals surface area (Å²) in [5.74, 6) is -1.14. The summed E-state index contributed by atoms with van der Waals surface area (Å²) in [5, 5.41) is 50.2. The van der Waals surface area contributed by atoms with Crippen molar-refractivity contribution in [1.82, 2.24) is 0 Å². The number of unbranched alkanes of at least 4 members (excludes halogenated alkanes) is 20. The first-order valence-electron chi connectivity index (χ1n) is 24.4. The van der Waals surface area contributed by atoms with Crippen LogP contribution in [0.3, 0.4) is 0 Å². The average molecular weight is 915 g/mol. The number of rotatable bonds is 40. The van der Waals surface area contributed by atoms with Crippen molar-refractivity contribution in [3.63, 3.8) is 0 Å². The van der Waals surface area contributed by atoms with Crippen LogP contribution in [0.25, 0.3) is 0 Å². The Morgan fingerprint density at radius 2 is 0.905 bits per heavy atom. The predicted octanol–water partition coefficient (Wildman–Crippen LogP) is 9.95. The quantitative estimate of drug-likeness (QED) is 0.0147. The number of aliphatic hydroxyl groups is 5. The fraction of sp³-hybridized carbons (Fsp3) is 0.796. The Bertz CT molecular complexity index is 1290. The predicted molar refractivity (Wildman–Crippen MR) is 249 cm³/mol. The molecule has 8 atom stereocenters. The van der Waals surface area contributed by atoms with Gasteiger partial charge in [-0.15, -0.1) is 0 Å². The minimum absolute atomic E-state index is 0.0448. The summed E-state index contributed by atoms with van der Waals surface area (Å²) in [6, 6.07) is 0. The molecule has 14 heteroatoms. The zero-order chi connectivity index (χ0) is 46.4. The first kappa shape index (κ1) is 58.8. The fourth-order valence-electron chi connectivity index (χ4n) is 7.28. The lowest BCUT2D eigenvalue weighted by molar-refractivity contribution is -0.220. The number of esters is 2. The van der Waals surface area contributed by atoms with Gasteiger partial charge < -0.3 is 39.9 Å². The highest BCUT2D eigenvalue weighted by molar-refractivity contribution is 7.47. The summed E-state index contributed by atoms with van der Waals surface area (Å²) in [7, 11) is -5.13. The molecule has 1 aliphatic carbocycles. The molecule has 366 valence electrons. The first-order chi connectivity index (χ1) is 30.4. The molecular formula is C49H87O13P. The number of hydrogen-bond donors (Lipinski definition) is 6. The molecule has 0 saturated heterocycles. The van der Waals surface area contributed by atoms with Gasteiger partial charge in [-0.25, -0.2) is 4.57 Å². The Kier molecular flexibility index (Phi) is 36.4. The SMILES string of the molecule is CC/C=C/C/C=C/C/C=C/C/C=C/CCCCC(=O)O[C@@H](COC(=O)CCCCCCCCCCCCCCCCCCCCC)COP(=O)(O)OC1C(O)C(O)C(O)[C@H](O)C1O. The van der Waals surface area contributed by atoms with Gasteiger partial charge in [0, 0.05) is 12.8 Å². The molecule has 0 aliphatic heterocycles. The third kappa shape index (κ3) is 31.4. The van der Waals surface area contributed by atoms with E-state index in [1.54, 1.807) is 0 Å². The first-order valence-corrected chi connectivity index (χ1v) is 25.9. The number of ether oxygens (including phenoxy) is 2. The van der Waals surface area contributed by atoms with Crippen LogP contribution in [0.15, 0.2) is 48.6 Å². The molecule has 1 aliphatic rings. The molecule has 1 rings (SSSR count). The number of carbonyl (C=O) groups excluding carboxylic acids is 2. The highest BCUT2D eigenvalue weighted by Gasteiger charge is 2.51. The normalized spacial score (nSPS) is 22.1. The van der Waals surface area contributed by atoms with Crippen LogP contribution in [0.2, 0.25) is 0 Å². The van der Waals surface area contributed by atoms with Crippen LogP contribution in [-0.2, 0) is 32.7 Å². The Balaban J connectivity index is 2.43. The van der Waals surface area contributed by atoms with Gasteiger partial charge in [0.2, 0.25) is 0 Å². The maximum Gasteiger partial charge on any atom is 0.472 e. The maximum atomic E-state index is 12.8. The molecule has 0 heterocycles. The number of carbonyl (C=O) groups is 2. The van der Waals surface area contributed by atoms with Crippen molar-refractivity contribution in [1.29, 1.82) is 0 Å². The van der Waals surface area contributed by atoms with Crippen LogP contribution >= 0.6 is 7.82 Å². The van der Waals surface area contributed by atoms with Crippen LogP contribution < -0.4 is 0 Å². The van der Waals surface area contributed by atoms with Crippen molar-refractivity contribution in [3.05, 3.63) is 48.6 Å². The van der Waals surface area contributed by atoms with E-state index >= 15 is 0 Å². The minimum atomic E-state index is -5.13. The third-order valence-corrected chi connectivity index (χ3v) is 12.2. The van der Waals surface area contributed by atoms with Crippen molar-refractivity contribution in [3.8, 4) is 0 Å². The summed E-state index contributed by atoms with van der Waals surface area (Å²) in [6.45, 7) is 3.17. The summed E-state index contributed by atoms with van der Waals surface area (Å²) in [4.78, 5) is 35.7. The van der Waals surface area contributed by atoms with Gasteiger partial charge in [-0.3, -0.25) is 18.6 Å². The van der Waals surface area contributed by atoms with E-state index in [4.69, 9.17) is 18.5 Å². The lowest BCUT2D eigenvalue weighted by Crippen LogP contribution is -2.64. The van der Waals surface area contributed by atoms with Crippen molar-refractivity contribution < 1.29 is 63.1 Å². The molecule has 0 aromatic rings. The highest BCUT2D eigenvalue weighted by Crippen LogP contribution is 2.47. The Morgan fingerprint density at radius 1 is 0.508 bits per heavy atom. The van der Waals surface area contributed by atoms with E-state index in [1.807, 2.05) is 0 Å². The topological polar surface area (TPSA) is 210 Å². The largest absolute Gasteiger partial charge is 0.472 e. The number of allylic oxidation sites excluding steroid dienone is 8. The van der Waals surface area contributed by atoms with Crippen LogP contribution in [-0.4, -0.2) is 98.3 Å². The van der Waals surface area contributed by atoms with Gasteiger partial charge in [-0.2, -0.15) is 0 Å². The smallest absolute Gasteiger partial charge is 0.462 e. The Labute approximate surface area is 380 Å². The van der Waals surface area contributed by atoms with Crippen molar-refractivity contribution in [2.45, 2.75) is 236 Å². The molecule has 0 bridgehead atoms. The van der Waals surface area contributed by atoms with Crippen molar-refractivity contribution in [2.24, 2.45) is 0 Å². The van der Waals surface area contributed by atoms with Crippen LogP contribution in [0, 0.1) is 0 Å². The maximum absolute atomic E-state index is 12.8. The van der Waals surface area contributed by atoms with E-state index in [2.05, 4.69) is 62.5 Å². The van der Waals surface area contributed by atoms with Gasteiger partial charge in [0.25, 0.3) is 0 Å². The lowest BCUT2D eigenvalue weighted by atomic mass is 9.85. The number of aliphatic hydroxyl groups excluding tert-OH is 5. The molecule has 63 heavy (non-hydrogen) atoms. The van der Waals surface area contributed by atoms with Gasteiger partial charge in [-0.1, -0.05) is 178 Å². The second-order valence-corrected chi connectivity index (χ2v) is 18.3. The third-order valence-electron chi connectivity index (χ3n) is 11.2. The molecule has 6 N–H and O–H groups in total. The molecule has 13 nitrogen and oxygen atoms in total. The fourth-order valence-corrected chi connectivity index (χ4v) is 8.25. The monoisotopic (exact) mass is 915 g/mol. The van der Waals surface area contributed by atoms with Gasteiger partial charge in [0.1, 0.15) is 43.2 Å². The van der Waals surface area contributed by atoms with E-state index in [1.165, 1.54) is 96.3 Å². The summed E-state index contributed by atoms with van der Waals surface area (Å²) < 4.78 is 33.5. The van der Waals surface area contributed by atoms with E-state index in [0.29, 0.717) is 12.8 Å². The average Bonchev–Trinajstić information content (AvgIpc) is 3.26. The summed E-state index contributed by atoms with van der Waals surface area (Å²) >= 11 is 0. The molecule has 0 radical (unpaired) electrons. The highest BCUT2D eigenvalue weighted by atomic mass is 31.2. The Morgan fingerprint density at radius 3 is 1.38 bits per heavy atom. The van der Waals surface area contributed by atoms with E-state index in [0.717, 1.165) is 57.8 Å². The second-order valence-electron chi connectivity index (χ2n) is 16.9. The lowest BCUT2D eigenvalue weighted by Gasteiger charge is -2.41. The summed E-state index contributed by atoms with van der Waals surface area (Å²) in [6.07, 6.45) is 33.1. The molecular weight excluding hydrogens is 828 g/mol. The van der Waals surface area contributed by atoms with E-state index in [-0.39, 0.29) is 12.8 Å². The standard InChI is InChI=1S/C49H87O13P/c1-3-5-7-9-11-13-15-17-19-20-21-22-24-25-27-29-31-33-35-37-42(50)59-39-41(40-60-63(57,58)62-49-47(55)45(53)44(52)46(54)48(49)56)61-43(51)38-36-34-32-30-28-26-23-18-16-14-12-10-8-6-4-2/h6,8,12,14,18,23,28,30,41,44-49,52-56H,3-5,7,9-11,13,15-17,19-22,24-27,29,31-40H2,1-2H3,(H,57,58)/b8-6+,14-12+,23-18+,30-28+/t41-,44?,45-,46?,47?,48?,49?/m0/s1. The van der Waals surface area contributed by atoms with Gasteiger partial charge >= 0.3 is 19.8 Å². The number of phosphoric ester groups is 1. The summed E-state index contributed by atoms with van der Waals surface area (Å²) in [5.41, 5.74) is 0. The number of phosphoric acid groups is 1. The van der Waals surface area contributed by atoms with Crippen molar-refractivity contribution >= 4 is 19.8 Å². The molecule has 0 amide bonds. The molecule has 0 aromatic carbocycles. The van der Waals surface area contributed by atoms with Gasteiger partial charge in [-0.05, 0) is 51.4 Å². The Hall–Kier alpha value is -2.19. The van der Waals surface area contributed by atoms with Gasteiger partial charge in [0.15, 0.2) is 6.10 Å². The van der Waals surface area contributed by atoms with E-state index in [9.17, 15) is 44.6 Å². The zero-order valence-corrected chi connectivity index (χ0v) is 39.8. The zero-order valence-electron chi connectivity index (χ0n) is 38.9. The van der Waals surface area contributed by atoms with E-state index < -0.39 is 75.7 Å². The molecule has 1 saturated carbocycles. The molecule has 0 spiro atoms. The molecule has 0 aromatic heterocycles. The minimum Gasteiger partial charge on any atom is -0.462 e. The second kappa shape index (κ2) is 39.0. The van der Waals surface area contributed by atoms with Crippen LogP contribution in [0.5, 0.6) is 0 Å². The van der Waals surface area contributed by atoms with Gasteiger partial charge in [0.05, 0.1) is 6.61 Å². The molecule has 1 fully saturated rings. The van der Waals surface area contributed by atoms with Crippen LogP contribution in [0.4, 0.5) is 0 Å². The molecule has 6 unspecified atom stereocenters. The number of hydrogen-bond acceptors (Lipinski definition) is 12. The van der Waals surface area contributed by atoms with Crippen molar-refractivity contribution in [2.75, 3.05) is 13.2 Å². The van der Waals surface area contributed by atoms with Crippen LogP contribution in [0.1, 0.15) is 194 Å².